The maximum Gasteiger partial charge on any atom is 0.175 e. The molecule has 4 rings (SSSR count). The van der Waals surface area contributed by atoms with Crippen molar-refractivity contribution >= 4 is 50.3 Å². The lowest BCUT2D eigenvalue weighted by Crippen LogP contribution is -2.18. The van der Waals surface area contributed by atoms with Crippen LogP contribution in [0.25, 0.3) is 20.8 Å². The smallest absolute Gasteiger partial charge is 0.175 e. The van der Waals surface area contributed by atoms with Gasteiger partial charge in [-0.15, -0.1) is 11.3 Å². The third kappa shape index (κ3) is 4.21. The lowest BCUT2D eigenvalue weighted by Gasteiger charge is -2.11. The monoisotopic (exact) mass is 403 g/mol. The number of thiocarbonyl (C=S) groups is 1. The topological polar surface area (TPSA) is 37.0 Å². The zero-order valence-corrected chi connectivity index (χ0v) is 17.5. The number of hydrogen-bond donors (Lipinski definition) is 2. The Balaban J connectivity index is 1.44. The second-order valence-electron chi connectivity index (χ2n) is 6.70. The van der Waals surface area contributed by atoms with Crippen LogP contribution in [0.4, 0.5) is 11.4 Å². The summed E-state index contributed by atoms with van der Waals surface area (Å²) in [6.07, 6.45) is 1.03. The first-order chi connectivity index (χ1) is 13.6. The minimum Gasteiger partial charge on any atom is -0.332 e. The van der Waals surface area contributed by atoms with E-state index in [0.717, 1.165) is 33.9 Å². The summed E-state index contributed by atoms with van der Waals surface area (Å²) in [5.41, 5.74) is 6.66. The molecular formula is C23H21N3S2. The summed E-state index contributed by atoms with van der Waals surface area (Å²) >= 11 is 7.15. The van der Waals surface area contributed by atoms with Crippen LogP contribution >= 0.6 is 23.6 Å². The predicted octanol–water partition coefficient (Wildman–Crippen LogP) is 6.64. The Morgan fingerprint density at radius 2 is 1.57 bits per heavy atom. The van der Waals surface area contributed by atoms with Crippen LogP contribution in [0.3, 0.4) is 0 Å². The lowest BCUT2D eigenvalue weighted by molar-refractivity contribution is 1.14. The number of hydrogen-bond acceptors (Lipinski definition) is 3. The Hall–Kier alpha value is -2.76. The van der Waals surface area contributed by atoms with Gasteiger partial charge in [-0.25, -0.2) is 4.98 Å². The van der Waals surface area contributed by atoms with Crippen molar-refractivity contribution in [1.29, 1.82) is 0 Å². The molecular weight excluding hydrogens is 382 g/mol. The maximum atomic E-state index is 5.43. The number of aryl methyl sites for hydroxylation is 2. The molecule has 0 unspecified atom stereocenters. The summed E-state index contributed by atoms with van der Waals surface area (Å²) in [5, 5.41) is 8.06. The van der Waals surface area contributed by atoms with E-state index in [1.807, 2.05) is 24.3 Å². The highest BCUT2D eigenvalue weighted by atomic mass is 32.1. The van der Waals surface area contributed by atoms with Crippen molar-refractivity contribution in [3.8, 4) is 10.6 Å². The number of rotatable bonds is 4. The van der Waals surface area contributed by atoms with Crippen LogP contribution in [0, 0.1) is 6.92 Å². The minimum absolute atomic E-state index is 0.576. The molecule has 1 aromatic heterocycles. The lowest BCUT2D eigenvalue weighted by atomic mass is 10.1. The number of benzene rings is 3. The van der Waals surface area contributed by atoms with E-state index < -0.39 is 0 Å². The summed E-state index contributed by atoms with van der Waals surface area (Å²) in [4.78, 5) is 4.74. The van der Waals surface area contributed by atoms with Gasteiger partial charge in [0.25, 0.3) is 0 Å². The number of nitrogens with zero attached hydrogens (tertiary/aromatic N) is 1. The molecule has 0 aliphatic heterocycles. The quantitative estimate of drug-likeness (QED) is 0.374. The van der Waals surface area contributed by atoms with Crippen LogP contribution in [0.15, 0.2) is 66.7 Å². The number of anilines is 2. The molecule has 0 aliphatic rings. The van der Waals surface area contributed by atoms with E-state index in [1.165, 1.54) is 15.8 Å². The van der Waals surface area contributed by atoms with Crippen LogP contribution in [-0.4, -0.2) is 10.1 Å². The molecule has 0 amide bonds. The van der Waals surface area contributed by atoms with E-state index in [9.17, 15) is 0 Å². The van der Waals surface area contributed by atoms with Gasteiger partial charge in [0.1, 0.15) is 5.01 Å². The average Bonchev–Trinajstić information content (AvgIpc) is 3.12. The van der Waals surface area contributed by atoms with Crippen LogP contribution in [0.1, 0.15) is 18.1 Å². The van der Waals surface area contributed by atoms with Gasteiger partial charge >= 0.3 is 0 Å². The van der Waals surface area contributed by atoms with Crippen molar-refractivity contribution in [3.63, 3.8) is 0 Å². The average molecular weight is 404 g/mol. The van der Waals surface area contributed by atoms with Crippen molar-refractivity contribution in [2.24, 2.45) is 0 Å². The Morgan fingerprint density at radius 1 is 0.929 bits per heavy atom. The van der Waals surface area contributed by atoms with Crippen LogP contribution in [0.2, 0.25) is 0 Å². The largest absolute Gasteiger partial charge is 0.332 e. The summed E-state index contributed by atoms with van der Waals surface area (Å²) in [7, 11) is 0. The highest BCUT2D eigenvalue weighted by Crippen LogP contribution is 2.31. The van der Waals surface area contributed by atoms with E-state index in [1.54, 1.807) is 11.3 Å². The Labute approximate surface area is 174 Å². The van der Waals surface area contributed by atoms with Crippen molar-refractivity contribution in [2.45, 2.75) is 20.3 Å². The molecule has 28 heavy (non-hydrogen) atoms. The first kappa shape index (κ1) is 18.6. The van der Waals surface area contributed by atoms with Gasteiger partial charge in [-0.2, -0.15) is 0 Å². The van der Waals surface area contributed by atoms with E-state index in [-0.39, 0.29) is 0 Å². The summed E-state index contributed by atoms with van der Waals surface area (Å²) < 4.78 is 1.22. The first-order valence-electron chi connectivity index (χ1n) is 9.25. The highest BCUT2D eigenvalue weighted by molar-refractivity contribution is 7.80. The van der Waals surface area contributed by atoms with E-state index in [2.05, 4.69) is 66.9 Å². The number of nitrogens with one attached hydrogen (secondary N) is 2. The summed E-state index contributed by atoms with van der Waals surface area (Å²) in [6.45, 7) is 4.25. The third-order valence-electron chi connectivity index (χ3n) is 4.55. The molecule has 0 spiro atoms. The normalized spacial score (nSPS) is 10.8. The van der Waals surface area contributed by atoms with Crippen molar-refractivity contribution in [2.75, 3.05) is 10.6 Å². The zero-order chi connectivity index (χ0) is 19.5. The molecule has 0 fully saturated rings. The van der Waals surface area contributed by atoms with Gasteiger partial charge in [0.2, 0.25) is 0 Å². The molecule has 0 bridgehead atoms. The standard InChI is InChI=1S/C23H21N3S2/c1-3-16-5-9-18(10-6-16)24-23(27)25-19-11-7-17(8-12-19)22-26-20-13-4-15(2)14-21(20)28-22/h4-14H,3H2,1-2H3,(H2,24,25,27). The van der Waals surface area contributed by atoms with Gasteiger partial charge in [0.05, 0.1) is 10.2 Å². The minimum atomic E-state index is 0.576. The second kappa shape index (κ2) is 8.09. The molecule has 3 nitrogen and oxygen atoms in total. The summed E-state index contributed by atoms with van der Waals surface area (Å²) in [5.74, 6) is 0. The number of aromatic nitrogens is 1. The van der Waals surface area contributed by atoms with Crippen molar-refractivity contribution in [1.82, 2.24) is 4.98 Å². The molecule has 0 atom stereocenters. The molecule has 140 valence electrons. The second-order valence-corrected chi connectivity index (χ2v) is 8.14. The van der Waals surface area contributed by atoms with Crippen LogP contribution in [-0.2, 0) is 6.42 Å². The Kier molecular flexibility index (Phi) is 5.37. The molecule has 0 saturated heterocycles. The fourth-order valence-corrected chi connectivity index (χ4v) is 4.27. The molecule has 0 radical (unpaired) electrons. The molecule has 1 heterocycles. The van der Waals surface area contributed by atoms with Crippen LogP contribution in [0.5, 0.6) is 0 Å². The predicted molar refractivity (Wildman–Crippen MR) is 125 cm³/mol. The molecule has 3 aromatic carbocycles. The van der Waals surface area contributed by atoms with Gasteiger partial charge in [0, 0.05) is 16.9 Å². The first-order valence-corrected chi connectivity index (χ1v) is 10.5. The van der Waals surface area contributed by atoms with Gasteiger partial charge in [-0.1, -0.05) is 25.1 Å². The molecule has 4 aromatic rings. The zero-order valence-electron chi connectivity index (χ0n) is 15.8. The van der Waals surface area contributed by atoms with Gasteiger partial charge in [-0.05, 0) is 85.2 Å². The van der Waals surface area contributed by atoms with Crippen LogP contribution < -0.4 is 10.6 Å². The van der Waals surface area contributed by atoms with E-state index in [4.69, 9.17) is 17.2 Å². The van der Waals surface area contributed by atoms with Crippen molar-refractivity contribution in [3.05, 3.63) is 77.9 Å². The SMILES string of the molecule is CCc1ccc(NC(=S)Nc2ccc(-c3nc4ccc(C)cc4s3)cc2)cc1. The molecule has 5 heteroatoms. The number of thiazole rings is 1. The third-order valence-corrected chi connectivity index (χ3v) is 5.83. The van der Waals surface area contributed by atoms with Gasteiger partial charge in [0.15, 0.2) is 5.11 Å². The van der Waals surface area contributed by atoms with Gasteiger partial charge < -0.3 is 10.6 Å². The molecule has 2 N–H and O–H groups in total. The summed E-state index contributed by atoms with van der Waals surface area (Å²) in [6, 6.07) is 22.9. The van der Waals surface area contributed by atoms with E-state index in [0.29, 0.717) is 5.11 Å². The fourth-order valence-electron chi connectivity index (χ4n) is 2.97. The fraction of sp³-hybridized carbons (Fsp3) is 0.130. The maximum absolute atomic E-state index is 5.43. The van der Waals surface area contributed by atoms with Gasteiger partial charge in [-0.3, -0.25) is 0 Å². The molecule has 0 aliphatic carbocycles. The Bertz CT molecular complexity index is 1110. The Morgan fingerprint density at radius 3 is 2.21 bits per heavy atom. The van der Waals surface area contributed by atoms with Crippen molar-refractivity contribution < 1.29 is 0 Å². The number of fused-ring (bicyclic) bond motifs is 1. The highest BCUT2D eigenvalue weighted by Gasteiger charge is 2.07. The van der Waals surface area contributed by atoms with E-state index >= 15 is 0 Å². The molecule has 0 saturated carbocycles.